The number of aryl methyl sites for hydroxylation is 1. The second-order valence-electron chi connectivity index (χ2n) is 4.09. The van der Waals surface area contributed by atoms with Crippen LogP contribution in [0.3, 0.4) is 0 Å². The number of nitrogens with one attached hydrogen (secondary N) is 1. The molecule has 0 atom stereocenters. The standard InChI is InChI=1S/C11H18N2O/c1-13-4-3-9(8-13)7-12-10-5-11(6-10)14-2/h3-4,8,10-12H,5-7H2,1-2H3. The molecule has 1 aromatic heterocycles. The summed E-state index contributed by atoms with van der Waals surface area (Å²) in [5, 5.41) is 3.52. The maximum atomic E-state index is 5.23. The Morgan fingerprint density at radius 2 is 2.36 bits per heavy atom. The van der Waals surface area contributed by atoms with Gasteiger partial charge in [0.15, 0.2) is 0 Å². The molecule has 1 saturated carbocycles. The van der Waals surface area contributed by atoms with Gasteiger partial charge in [0.1, 0.15) is 0 Å². The van der Waals surface area contributed by atoms with Crippen molar-refractivity contribution < 1.29 is 4.74 Å². The molecule has 78 valence electrons. The first-order valence-electron chi connectivity index (χ1n) is 5.15. The van der Waals surface area contributed by atoms with Crippen LogP contribution in [0.25, 0.3) is 0 Å². The SMILES string of the molecule is COC1CC(NCc2ccn(C)c2)C1. The van der Waals surface area contributed by atoms with Gasteiger partial charge in [-0.25, -0.2) is 0 Å². The largest absolute Gasteiger partial charge is 0.381 e. The molecular weight excluding hydrogens is 176 g/mol. The van der Waals surface area contributed by atoms with Gasteiger partial charge in [0.25, 0.3) is 0 Å². The number of nitrogens with zero attached hydrogens (tertiary/aromatic N) is 1. The van der Waals surface area contributed by atoms with Crippen molar-refractivity contribution in [2.75, 3.05) is 7.11 Å². The lowest BCUT2D eigenvalue weighted by Crippen LogP contribution is -2.44. The van der Waals surface area contributed by atoms with E-state index in [0.717, 1.165) is 19.4 Å². The summed E-state index contributed by atoms with van der Waals surface area (Å²) in [5.74, 6) is 0. The summed E-state index contributed by atoms with van der Waals surface area (Å²) >= 11 is 0. The first-order chi connectivity index (χ1) is 6.78. The molecule has 1 fully saturated rings. The molecule has 0 spiro atoms. The Labute approximate surface area is 85.1 Å². The maximum Gasteiger partial charge on any atom is 0.0601 e. The fourth-order valence-corrected chi connectivity index (χ4v) is 1.85. The van der Waals surface area contributed by atoms with Crippen LogP contribution in [0, 0.1) is 0 Å². The summed E-state index contributed by atoms with van der Waals surface area (Å²) in [7, 11) is 3.84. The minimum absolute atomic E-state index is 0.489. The first kappa shape index (κ1) is 9.74. The van der Waals surface area contributed by atoms with Crippen molar-refractivity contribution in [3.8, 4) is 0 Å². The summed E-state index contributed by atoms with van der Waals surface area (Å²) in [6.45, 7) is 0.974. The average Bonchev–Trinajstić information content (AvgIpc) is 2.49. The molecule has 2 rings (SSSR count). The number of rotatable bonds is 4. The minimum atomic E-state index is 0.489. The molecule has 3 nitrogen and oxygen atoms in total. The van der Waals surface area contributed by atoms with Crippen molar-refractivity contribution in [2.24, 2.45) is 7.05 Å². The monoisotopic (exact) mass is 194 g/mol. The summed E-state index contributed by atoms with van der Waals surface area (Å²) < 4.78 is 7.31. The highest BCUT2D eigenvalue weighted by molar-refractivity contribution is 5.09. The third kappa shape index (κ3) is 2.16. The fourth-order valence-electron chi connectivity index (χ4n) is 1.85. The lowest BCUT2D eigenvalue weighted by atomic mass is 9.89. The van der Waals surface area contributed by atoms with Crippen LogP contribution >= 0.6 is 0 Å². The Hall–Kier alpha value is -0.800. The molecule has 14 heavy (non-hydrogen) atoms. The van der Waals surface area contributed by atoms with Crippen LogP contribution in [-0.4, -0.2) is 23.8 Å². The zero-order valence-electron chi connectivity index (χ0n) is 8.86. The molecule has 1 aromatic rings. The van der Waals surface area contributed by atoms with Gasteiger partial charge in [-0.3, -0.25) is 0 Å². The third-order valence-corrected chi connectivity index (χ3v) is 2.92. The van der Waals surface area contributed by atoms with Crippen LogP contribution in [0.15, 0.2) is 18.5 Å². The molecule has 0 saturated heterocycles. The molecule has 0 amide bonds. The normalized spacial score (nSPS) is 26.1. The van der Waals surface area contributed by atoms with E-state index in [-0.39, 0.29) is 0 Å². The number of aromatic nitrogens is 1. The van der Waals surface area contributed by atoms with Crippen molar-refractivity contribution in [1.82, 2.24) is 9.88 Å². The van der Waals surface area contributed by atoms with Gasteiger partial charge in [0, 0.05) is 39.1 Å². The number of hydrogen-bond donors (Lipinski definition) is 1. The van der Waals surface area contributed by atoms with E-state index >= 15 is 0 Å². The molecule has 0 radical (unpaired) electrons. The fraction of sp³-hybridized carbons (Fsp3) is 0.636. The predicted molar refractivity (Wildman–Crippen MR) is 56.1 cm³/mol. The van der Waals surface area contributed by atoms with E-state index in [2.05, 4.69) is 28.3 Å². The maximum absolute atomic E-state index is 5.23. The first-order valence-corrected chi connectivity index (χ1v) is 5.15. The Bertz CT molecular complexity index is 289. The van der Waals surface area contributed by atoms with E-state index in [0.29, 0.717) is 12.1 Å². The van der Waals surface area contributed by atoms with Crippen molar-refractivity contribution in [2.45, 2.75) is 31.5 Å². The van der Waals surface area contributed by atoms with Gasteiger partial charge in [0.05, 0.1) is 6.10 Å². The van der Waals surface area contributed by atoms with E-state index < -0.39 is 0 Å². The van der Waals surface area contributed by atoms with Crippen LogP contribution in [-0.2, 0) is 18.3 Å². The summed E-state index contributed by atoms with van der Waals surface area (Å²) in [6, 6.07) is 2.81. The van der Waals surface area contributed by atoms with Gasteiger partial charge in [-0.1, -0.05) is 0 Å². The zero-order valence-corrected chi connectivity index (χ0v) is 8.86. The molecule has 0 aromatic carbocycles. The topological polar surface area (TPSA) is 26.2 Å². The summed E-state index contributed by atoms with van der Waals surface area (Å²) in [5.41, 5.74) is 1.35. The van der Waals surface area contributed by atoms with Gasteiger partial charge >= 0.3 is 0 Å². The second-order valence-corrected chi connectivity index (χ2v) is 4.09. The van der Waals surface area contributed by atoms with Crippen molar-refractivity contribution >= 4 is 0 Å². The highest BCUT2D eigenvalue weighted by Gasteiger charge is 2.28. The van der Waals surface area contributed by atoms with Gasteiger partial charge in [-0.05, 0) is 24.5 Å². The summed E-state index contributed by atoms with van der Waals surface area (Å²) in [4.78, 5) is 0. The molecule has 1 aliphatic rings. The average molecular weight is 194 g/mol. The van der Waals surface area contributed by atoms with E-state index in [9.17, 15) is 0 Å². The quantitative estimate of drug-likeness (QED) is 0.781. The smallest absolute Gasteiger partial charge is 0.0601 e. The zero-order chi connectivity index (χ0) is 9.97. The van der Waals surface area contributed by atoms with Crippen LogP contribution in [0.1, 0.15) is 18.4 Å². The minimum Gasteiger partial charge on any atom is -0.381 e. The van der Waals surface area contributed by atoms with E-state index in [1.165, 1.54) is 5.56 Å². The van der Waals surface area contributed by atoms with E-state index in [4.69, 9.17) is 4.74 Å². The second kappa shape index (κ2) is 4.15. The number of hydrogen-bond acceptors (Lipinski definition) is 2. The van der Waals surface area contributed by atoms with Gasteiger partial charge < -0.3 is 14.6 Å². The molecular formula is C11H18N2O. The van der Waals surface area contributed by atoms with E-state index in [1.807, 2.05) is 7.05 Å². The Morgan fingerprint density at radius 3 is 2.93 bits per heavy atom. The highest BCUT2D eigenvalue weighted by atomic mass is 16.5. The van der Waals surface area contributed by atoms with Crippen molar-refractivity contribution in [1.29, 1.82) is 0 Å². The lowest BCUT2D eigenvalue weighted by Gasteiger charge is -2.34. The number of ether oxygens (including phenoxy) is 1. The Morgan fingerprint density at radius 1 is 1.57 bits per heavy atom. The van der Waals surface area contributed by atoms with Crippen molar-refractivity contribution in [3.63, 3.8) is 0 Å². The van der Waals surface area contributed by atoms with Crippen LogP contribution in [0.4, 0.5) is 0 Å². The Kier molecular flexibility index (Phi) is 2.89. The van der Waals surface area contributed by atoms with Crippen LogP contribution < -0.4 is 5.32 Å². The van der Waals surface area contributed by atoms with Gasteiger partial charge in [0.2, 0.25) is 0 Å². The lowest BCUT2D eigenvalue weighted by molar-refractivity contribution is 0.0170. The number of methoxy groups -OCH3 is 1. The Balaban J connectivity index is 1.69. The van der Waals surface area contributed by atoms with Crippen LogP contribution in [0.5, 0.6) is 0 Å². The highest BCUT2D eigenvalue weighted by Crippen LogP contribution is 2.22. The van der Waals surface area contributed by atoms with Crippen molar-refractivity contribution in [3.05, 3.63) is 24.0 Å². The molecule has 3 heteroatoms. The van der Waals surface area contributed by atoms with E-state index in [1.54, 1.807) is 7.11 Å². The van der Waals surface area contributed by atoms with Gasteiger partial charge in [-0.2, -0.15) is 0 Å². The molecule has 1 heterocycles. The molecule has 1 aliphatic carbocycles. The molecule has 0 aliphatic heterocycles. The summed E-state index contributed by atoms with van der Waals surface area (Å²) in [6.07, 6.45) is 7.03. The van der Waals surface area contributed by atoms with Gasteiger partial charge in [-0.15, -0.1) is 0 Å². The molecule has 0 unspecified atom stereocenters. The molecule has 1 N–H and O–H groups in total. The predicted octanol–water partition coefficient (Wildman–Crippen LogP) is 1.29. The van der Waals surface area contributed by atoms with Crippen LogP contribution in [0.2, 0.25) is 0 Å². The molecule has 0 bridgehead atoms. The third-order valence-electron chi connectivity index (χ3n) is 2.92.